The maximum atomic E-state index is 4.58. The highest BCUT2D eigenvalue weighted by Gasteiger charge is 2.26. The third-order valence-electron chi connectivity index (χ3n) is 5.31. The largest absolute Gasteiger partial charge is 0.352 e. The lowest BCUT2D eigenvalue weighted by Crippen LogP contribution is -2.44. The molecule has 1 saturated carbocycles. The fourth-order valence-corrected chi connectivity index (χ4v) is 4.71. The molecule has 1 unspecified atom stereocenters. The van der Waals surface area contributed by atoms with Crippen LogP contribution in [0.15, 0.2) is 4.99 Å². The zero-order valence-corrected chi connectivity index (χ0v) is 16.1. The lowest BCUT2D eigenvalue weighted by molar-refractivity contribution is 0.275. The fourth-order valence-electron chi connectivity index (χ4n) is 3.84. The van der Waals surface area contributed by atoms with Crippen molar-refractivity contribution in [1.29, 1.82) is 0 Å². The average molecular weight is 350 g/mol. The Kier molecular flexibility index (Phi) is 6.11. The van der Waals surface area contributed by atoms with Gasteiger partial charge in [0.05, 0.1) is 12.2 Å². The van der Waals surface area contributed by atoms with Gasteiger partial charge in [0.1, 0.15) is 5.01 Å². The highest BCUT2D eigenvalue weighted by Crippen LogP contribution is 2.26. The molecule has 2 heterocycles. The molecule has 1 aromatic rings. The first-order valence-electron chi connectivity index (χ1n) is 9.26. The van der Waals surface area contributed by atoms with Gasteiger partial charge >= 0.3 is 0 Å². The Morgan fingerprint density at radius 3 is 2.75 bits per heavy atom. The number of hydrogen-bond acceptors (Lipinski definition) is 4. The molecule has 1 aromatic heterocycles. The minimum atomic E-state index is 0.511. The van der Waals surface area contributed by atoms with Crippen LogP contribution >= 0.6 is 11.3 Å². The molecule has 1 saturated heterocycles. The van der Waals surface area contributed by atoms with Gasteiger partial charge in [-0.15, -0.1) is 11.3 Å². The van der Waals surface area contributed by atoms with Crippen LogP contribution < -0.4 is 10.6 Å². The van der Waals surface area contributed by atoms with Crippen LogP contribution in [0.5, 0.6) is 0 Å². The lowest BCUT2D eigenvalue weighted by Gasteiger charge is -2.21. The first kappa shape index (κ1) is 17.7. The van der Waals surface area contributed by atoms with Crippen LogP contribution in [0.1, 0.15) is 47.7 Å². The smallest absolute Gasteiger partial charge is 0.191 e. The Morgan fingerprint density at radius 2 is 2.08 bits per heavy atom. The van der Waals surface area contributed by atoms with Crippen LogP contribution in [0.3, 0.4) is 0 Å². The number of rotatable bonds is 5. The van der Waals surface area contributed by atoms with E-state index in [1.165, 1.54) is 50.1 Å². The summed E-state index contributed by atoms with van der Waals surface area (Å²) in [6, 6.07) is 0.511. The van der Waals surface area contributed by atoms with E-state index in [9.17, 15) is 0 Å². The van der Waals surface area contributed by atoms with Crippen molar-refractivity contribution in [2.45, 2.75) is 58.5 Å². The molecule has 24 heavy (non-hydrogen) atoms. The number of likely N-dealkylation sites (tertiary alicyclic amines) is 1. The van der Waals surface area contributed by atoms with Gasteiger partial charge < -0.3 is 15.5 Å². The van der Waals surface area contributed by atoms with Crippen molar-refractivity contribution in [2.24, 2.45) is 10.9 Å². The second-order valence-corrected chi connectivity index (χ2v) is 8.50. The summed E-state index contributed by atoms with van der Waals surface area (Å²) in [4.78, 5) is 12.9. The van der Waals surface area contributed by atoms with Crippen molar-refractivity contribution in [3.63, 3.8) is 0 Å². The van der Waals surface area contributed by atoms with Crippen LogP contribution in [0.25, 0.3) is 0 Å². The van der Waals surface area contributed by atoms with E-state index in [-0.39, 0.29) is 0 Å². The molecule has 6 heteroatoms. The minimum Gasteiger partial charge on any atom is -0.352 e. The summed E-state index contributed by atoms with van der Waals surface area (Å²) in [6.45, 7) is 8.60. The minimum absolute atomic E-state index is 0.511. The van der Waals surface area contributed by atoms with Gasteiger partial charge in [-0.05, 0) is 39.0 Å². The Balaban J connectivity index is 1.42. The topological polar surface area (TPSA) is 52.6 Å². The molecule has 1 aliphatic heterocycles. The Morgan fingerprint density at radius 1 is 1.29 bits per heavy atom. The standard InChI is InChI=1S/C18H31N5S/c1-13-14(2)24-17(21-13)10-20-18(19-3)22-16-8-9-23(12-16)11-15-6-4-5-7-15/h15-16H,4-12H2,1-3H3,(H2,19,20,22). The van der Waals surface area contributed by atoms with Crippen molar-refractivity contribution < 1.29 is 0 Å². The molecule has 3 rings (SSSR count). The third-order valence-corrected chi connectivity index (χ3v) is 6.38. The van der Waals surface area contributed by atoms with E-state index in [2.05, 4.69) is 39.4 Å². The molecule has 2 fully saturated rings. The third kappa shape index (κ3) is 4.70. The van der Waals surface area contributed by atoms with E-state index >= 15 is 0 Å². The Hall–Kier alpha value is -1.14. The van der Waals surface area contributed by atoms with E-state index < -0.39 is 0 Å². The molecule has 0 bridgehead atoms. The highest BCUT2D eigenvalue weighted by molar-refractivity contribution is 7.11. The van der Waals surface area contributed by atoms with Gasteiger partial charge in [-0.1, -0.05) is 12.8 Å². The van der Waals surface area contributed by atoms with Crippen molar-refractivity contribution in [1.82, 2.24) is 20.5 Å². The quantitative estimate of drug-likeness (QED) is 0.634. The van der Waals surface area contributed by atoms with Gasteiger partial charge in [-0.3, -0.25) is 4.99 Å². The molecule has 5 nitrogen and oxygen atoms in total. The summed E-state index contributed by atoms with van der Waals surface area (Å²) < 4.78 is 0. The van der Waals surface area contributed by atoms with Crippen molar-refractivity contribution in [3.05, 3.63) is 15.6 Å². The van der Waals surface area contributed by atoms with Gasteiger partial charge in [-0.2, -0.15) is 0 Å². The van der Waals surface area contributed by atoms with E-state index in [0.29, 0.717) is 6.04 Å². The predicted octanol–water partition coefficient (Wildman–Crippen LogP) is 2.69. The molecule has 1 aliphatic carbocycles. The van der Waals surface area contributed by atoms with Crippen LogP contribution in [0, 0.1) is 19.8 Å². The first-order valence-corrected chi connectivity index (χ1v) is 10.1. The number of aryl methyl sites for hydroxylation is 2. The highest BCUT2D eigenvalue weighted by atomic mass is 32.1. The normalized spacial score (nSPS) is 23.1. The van der Waals surface area contributed by atoms with Crippen molar-refractivity contribution in [2.75, 3.05) is 26.7 Å². The molecule has 0 spiro atoms. The van der Waals surface area contributed by atoms with Gasteiger partial charge in [0.25, 0.3) is 0 Å². The molecular formula is C18H31N5S. The van der Waals surface area contributed by atoms with E-state index in [1.54, 1.807) is 11.3 Å². The summed E-state index contributed by atoms with van der Waals surface area (Å²) in [5, 5.41) is 8.12. The number of aromatic nitrogens is 1. The monoisotopic (exact) mass is 349 g/mol. The number of nitrogens with zero attached hydrogens (tertiary/aromatic N) is 3. The number of aliphatic imine (C=N–C) groups is 1. The summed E-state index contributed by atoms with van der Waals surface area (Å²) >= 11 is 1.76. The second-order valence-electron chi connectivity index (χ2n) is 7.21. The van der Waals surface area contributed by atoms with E-state index in [4.69, 9.17) is 0 Å². The second kappa shape index (κ2) is 8.30. The number of nitrogens with one attached hydrogen (secondary N) is 2. The van der Waals surface area contributed by atoms with Gasteiger partial charge in [0.2, 0.25) is 0 Å². The average Bonchev–Trinajstić information content (AvgIpc) is 3.28. The zero-order chi connectivity index (χ0) is 16.9. The van der Waals surface area contributed by atoms with Crippen LogP contribution in [-0.2, 0) is 6.54 Å². The van der Waals surface area contributed by atoms with Gasteiger partial charge in [0.15, 0.2) is 5.96 Å². The van der Waals surface area contributed by atoms with Crippen LogP contribution in [0.4, 0.5) is 0 Å². The van der Waals surface area contributed by atoms with Crippen LogP contribution in [-0.4, -0.2) is 48.6 Å². The number of thiazole rings is 1. The molecule has 2 N–H and O–H groups in total. The summed E-state index contributed by atoms with van der Waals surface area (Å²) in [7, 11) is 1.85. The van der Waals surface area contributed by atoms with Gasteiger partial charge in [-0.25, -0.2) is 4.98 Å². The molecule has 134 valence electrons. The number of guanidine groups is 1. The zero-order valence-electron chi connectivity index (χ0n) is 15.3. The summed E-state index contributed by atoms with van der Waals surface area (Å²) in [6.07, 6.45) is 6.96. The Bertz CT molecular complexity index is 542. The van der Waals surface area contributed by atoms with Crippen molar-refractivity contribution >= 4 is 17.3 Å². The predicted molar refractivity (Wildman–Crippen MR) is 102 cm³/mol. The molecule has 0 radical (unpaired) electrons. The molecule has 1 atom stereocenters. The summed E-state index contributed by atoms with van der Waals surface area (Å²) in [5.41, 5.74) is 1.14. The molecule has 0 amide bonds. The van der Waals surface area contributed by atoms with Gasteiger partial charge in [0, 0.05) is 37.6 Å². The van der Waals surface area contributed by atoms with E-state index in [1.807, 2.05) is 7.05 Å². The van der Waals surface area contributed by atoms with Crippen molar-refractivity contribution in [3.8, 4) is 0 Å². The summed E-state index contributed by atoms with van der Waals surface area (Å²) in [5.74, 6) is 1.84. The first-order chi connectivity index (χ1) is 11.6. The molecular weight excluding hydrogens is 318 g/mol. The lowest BCUT2D eigenvalue weighted by atomic mass is 10.1. The maximum Gasteiger partial charge on any atom is 0.191 e. The number of hydrogen-bond donors (Lipinski definition) is 2. The SMILES string of the molecule is CN=C(NCc1nc(C)c(C)s1)NC1CCN(CC2CCCC2)C1. The Labute approximate surface area is 150 Å². The van der Waals surface area contributed by atoms with E-state index in [0.717, 1.165) is 35.7 Å². The van der Waals surface area contributed by atoms with Crippen LogP contribution in [0.2, 0.25) is 0 Å². The maximum absolute atomic E-state index is 4.58. The molecule has 2 aliphatic rings. The fraction of sp³-hybridized carbons (Fsp3) is 0.778. The molecule has 0 aromatic carbocycles.